The van der Waals surface area contributed by atoms with E-state index in [9.17, 15) is 9.59 Å². The van der Waals surface area contributed by atoms with E-state index in [-0.39, 0.29) is 28.9 Å². The molecular weight excluding hydrogens is 485 g/mol. The number of anilines is 1. The Balaban J connectivity index is 1.75. The fraction of sp³-hybridized carbons (Fsp3) is 0.214. The predicted octanol–water partition coefficient (Wildman–Crippen LogP) is 5.75. The summed E-state index contributed by atoms with van der Waals surface area (Å²) in [4.78, 5) is 28.7. The van der Waals surface area contributed by atoms with E-state index in [2.05, 4.69) is 0 Å². The molecule has 37 heavy (non-hydrogen) atoms. The number of alkyl halides is 3. The van der Waals surface area contributed by atoms with Crippen LogP contribution in [0, 0.1) is 0 Å². The predicted molar refractivity (Wildman–Crippen MR) is 130 cm³/mol. The highest BCUT2D eigenvalue weighted by Crippen LogP contribution is 2.63. The second kappa shape index (κ2) is 8.99. The number of halogens is 3. The molecule has 9 heteroatoms. The molecule has 2 aliphatic heterocycles. The van der Waals surface area contributed by atoms with Gasteiger partial charge in [-0.05, 0) is 29.3 Å². The molecule has 5 rings (SSSR count). The van der Waals surface area contributed by atoms with Crippen molar-refractivity contribution in [3.63, 3.8) is 0 Å². The van der Waals surface area contributed by atoms with Gasteiger partial charge in [-0.15, -0.1) is 0 Å². The summed E-state index contributed by atoms with van der Waals surface area (Å²) in [5.41, 5.74) is -2.16. The van der Waals surface area contributed by atoms with Crippen LogP contribution in [0.1, 0.15) is 22.6 Å². The molecule has 3 aromatic rings. The molecule has 0 radical (unpaired) electrons. The van der Waals surface area contributed by atoms with Gasteiger partial charge in [0.05, 0.1) is 37.9 Å². The zero-order chi connectivity index (χ0) is 26.4. The molecule has 0 spiro atoms. The summed E-state index contributed by atoms with van der Waals surface area (Å²) in [6.45, 7) is 0.0156. The van der Waals surface area contributed by atoms with Crippen LogP contribution >= 0.6 is 0 Å². The van der Waals surface area contributed by atoms with Crippen LogP contribution in [0.15, 0.2) is 90.6 Å². The normalized spacial score (nSPS) is 20.7. The van der Waals surface area contributed by atoms with Gasteiger partial charge in [0.25, 0.3) is 0 Å². The Kier molecular flexibility index (Phi) is 5.94. The quantitative estimate of drug-likeness (QED) is 0.412. The van der Waals surface area contributed by atoms with Gasteiger partial charge in [0.15, 0.2) is 5.54 Å². The molecule has 2 aliphatic rings. The summed E-state index contributed by atoms with van der Waals surface area (Å²) in [6, 6.07) is 19.9. The largest absolute Gasteiger partial charge is 0.497 e. The zero-order valence-electron chi connectivity index (χ0n) is 20.0. The second-order valence-electron chi connectivity index (χ2n) is 8.79. The highest BCUT2D eigenvalue weighted by molar-refractivity contribution is 6.01. The Morgan fingerprint density at radius 2 is 1.59 bits per heavy atom. The van der Waals surface area contributed by atoms with Crippen molar-refractivity contribution >= 4 is 17.7 Å². The van der Waals surface area contributed by atoms with Gasteiger partial charge in [0.1, 0.15) is 5.75 Å². The minimum Gasteiger partial charge on any atom is -0.497 e. The maximum Gasteiger partial charge on any atom is 0.417 e. The van der Waals surface area contributed by atoms with Crippen LogP contribution in [-0.4, -0.2) is 37.3 Å². The van der Waals surface area contributed by atoms with Gasteiger partial charge >= 0.3 is 18.2 Å². The van der Waals surface area contributed by atoms with Crippen LogP contribution in [0.4, 0.5) is 23.7 Å². The van der Waals surface area contributed by atoms with E-state index >= 15 is 13.2 Å². The SMILES string of the molecule is COC(=O)C1=CN2C(=O)N(Cc3ccc(OC)cc3)c3ccccc3[C@]2(C(F)(F)F)[C@@H]1c1ccccc1. The molecular formula is C28H23F3N2O4. The fourth-order valence-corrected chi connectivity index (χ4v) is 5.31. The number of methoxy groups -OCH3 is 2. The van der Waals surface area contributed by atoms with Crippen molar-refractivity contribution in [3.8, 4) is 5.75 Å². The van der Waals surface area contributed by atoms with Gasteiger partial charge in [0.2, 0.25) is 0 Å². The Labute approximate surface area is 211 Å². The third-order valence-corrected chi connectivity index (χ3v) is 6.91. The maximum atomic E-state index is 15.4. The first kappa shape index (κ1) is 24.4. The molecule has 3 aromatic carbocycles. The molecule has 0 saturated carbocycles. The summed E-state index contributed by atoms with van der Waals surface area (Å²) in [5.74, 6) is -1.85. The third-order valence-electron chi connectivity index (χ3n) is 6.91. The number of rotatable bonds is 5. The van der Waals surface area contributed by atoms with Crippen molar-refractivity contribution in [2.45, 2.75) is 24.2 Å². The van der Waals surface area contributed by atoms with E-state index < -0.39 is 29.6 Å². The van der Waals surface area contributed by atoms with Crippen LogP contribution in [0.3, 0.4) is 0 Å². The lowest BCUT2D eigenvalue weighted by Gasteiger charge is -2.50. The first-order valence-corrected chi connectivity index (χ1v) is 11.5. The molecule has 2 atom stereocenters. The molecule has 0 saturated heterocycles. The first-order chi connectivity index (χ1) is 17.7. The molecule has 0 bridgehead atoms. The maximum absolute atomic E-state index is 15.4. The summed E-state index contributed by atoms with van der Waals surface area (Å²) >= 11 is 0. The molecule has 0 aromatic heterocycles. The number of hydrogen-bond donors (Lipinski definition) is 0. The van der Waals surface area contributed by atoms with Crippen molar-refractivity contribution in [1.82, 2.24) is 4.90 Å². The fourth-order valence-electron chi connectivity index (χ4n) is 5.31. The molecule has 0 unspecified atom stereocenters. The number of para-hydroxylation sites is 1. The van der Waals surface area contributed by atoms with Crippen molar-refractivity contribution in [2.75, 3.05) is 19.1 Å². The topological polar surface area (TPSA) is 59.1 Å². The number of amides is 2. The van der Waals surface area contributed by atoms with Gasteiger partial charge < -0.3 is 9.47 Å². The average molecular weight is 508 g/mol. The van der Waals surface area contributed by atoms with E-state index in [0.29, 0.717) is 16.2 Å². The number of ether oxygens (including phenoxy) is 2. The average Bonchev–Trinajstić information content (AvgIpc) is 3.29. The molecule has 6 nitrogen and oxygen atoms in total. The Bertz CT molecular complexity index is 1370. The van der Waals surface area contributed by atoms with Crippen LogP contribution in [-0.2, 0) is 21.6 Å². The zero-order valence-corrected chi connectivity index (χ0v) is 20.0. The second-order valence-corrected chi connectivity index (χ2v) is 8.79. The monoisotopic (exact) mass is 508 g/mol. The van der Waals surface area contributed by atoms with E-state index in [4.69, 9.17) is 9.47 Å². The Morgan fingerprint density at radius 1 is 0.946 bits per heavy atom. The molecule has 0 aliphatic carbocycles. The number of carbonyl (C=O) groups excluding carboxylic acids is 2. The Morgan fingerprint density at radius 3 is 2.22 bits per heavy atom. The number of hydrogen-bond acceptors (Lipinski definition) is 4. The first-order valence-electron chi connectivity index (χ1n) is 11.5. The number of carbonyl (C=O) groups is 2. The summed E-state index contributed by atoms with van der Waals surface area (Å²) < 4.78 is 56.4. The lowest BCUT2D eigenvalue weighted by molar-refractivity contribution is -0.223. The highest BCUT2D eigenvalue weighted by Gasteiger charge is 2.72. The molecule has 2 amide bonds. The van der Waals surface area contributed by atoms with Gasteiger partial charge in [-0.2, -0.15) is 13.2 Å². The summed E-state index contributed by atoms with van der Waals surface area (Å²) in [7, 11) is 2.63. The van der Waals surface area contributed by atoms with Crippen molar-refractivity contribution in [1.29, 1.82) is 0 Å². The van der Waals surface area contributed by atoms with Crippen LogP contribution in [0.25, 0.3) is 0 Å². The number of urea groups is 1. The lowest BCUT2D eigenvalue weighted by atomic mass is 9.70. The van der Waals surface area contributed by atoms with E-state index in [0.717, 1.165) is 13.3 Å². The number of nitrogens with zero attached hydrogens (tertiary/aromatic N) is 2. The summed E-state index contributed by atoms with van der Waals surface area (Å²) in [5, 5.41) is 0. The van der Waals surface area contributed by atoms with Gasteiger partial charge in [0, 0.05) is 11.8 Å². The highest BCUT2D eigenvalue weighted by atomic mass is 19.4. The van der Waals surface area contributed by atoms with E-state index in [1.165, 1.54) is 42.3 Å². The van der Waals surface area contributed by atoms with Gasteiger partial charge in [-0.3, -0.25) is 9.80 Å². The van der Waals surface area contributed by atoms with Gasteiger partial charge in [-0.25, -0.2) is 9.59 Å². The molecule has 190 valence electrons. The van der Waals surface area contributed by atoms with Crippen LogP contribution < -0.4 is 9.64 Å². The standard InChI is InChI=1S/C28H23F3N2O4/c1-36-20-14-12-18(13-15-20)16-32-23-11-7-6-10-22(23)27(28(29,30)31)24(19-8-4-3-5-9-19)21(25(34)37-2)17-33(27)26(32)35/h3-15,17,24H,16H2,1-2H3/t24-,27-/m1/s1. The summed E-state index contributed by atoms with van der Waals surface area (Å²) in [6.07, 6.45) is -3.95. The van der Waals surface area contributed by atoms with Crippen molar-refractivity contribution < 1.29 is 32.2 Å². The lowest BCUT2D eigenvalue weighted by Crippen LogP contribution is -2.63. The number of benzene rings is 3. The molecule has 2 heterocycles. The number of esters is 1. The molecule has 0 fully saturated rings. The van der Waals surface area contributed by atoms with E-state index in [1.807, 2.05) is 0 Å². The van der Waals surface area contributed by atoms with Crippen molar-refractivity contribution in [3.05, 3.63) is 107 Å². The van der Waals surface area contributed by atoms with Crippen LogP contribution in [0.5, 0.6) is 5.75 Å². The van der Waals surface area contributed by atoms with Crippen molar-refractivity contribution in [2.24, 2.45) is 0 Å². The Hall–Kier alpha value is -4.27. The van der Waals surface area contributed by atoms with Crippen LogP contribution in [0.2, 0.25) is 0 Å². The van der Waals surface area contributed by atoms with E-state index in [1.54, 1.807) is 48.5 Å². The minimum absolute atomic E-state index is 0.0156. The minimum atomic E-state index is -4.95. The number of fused-ring (bicyclic) bond motifs is 3. The third kappa shape index (κ3) is 3.64. The van der Waals surface area contributed by atoms with Gasteiger partial charge in [-0.1, -0.05) is 60.7 Å². The smallest absolute Gasteiger partial charge is 0.417 e. The molecule has 0 N–H and O–H groups in total.